The monoisotopic (exact) mass is 338 g/mol. The molecule has 108 valence electrons. The van der Waals surface area contributed by atoms with Crippen molar-refractivity contribution < 1.29 is 9.90 Å². The number of anilines is 2. The van der Waals surface area contributed by atoms with Crippen LogP contribution in [0.1, 0.15) is 43.8 Å². The van der Waals surface area contributed by atoms with E-state index < -0.39 is 6.10 Å². The molecule has 1 unspecified atom stereocenters. The second kappa shape index (κ2) is 5.37. The topological polar surface area (TPSA) is 52.6 Å². The third kappa shape index (κ3) is 2.33. The molecule has 1 aliphatic heterocycles. The Bertz CT molecular complexity index is 541. The van der Waals surface area contributed by atoms with E-state index in [1.807, 2.05) is 12.1 Å². The average Bonchev–Trinajstić information content (AvgIpc) is 2.74. The molecule has 1 heterocycles. The van der Waals surface area contributed by atoms with Crippen molar-refractivity contribution in [2.75, 3.05) is 17.3 Å². The molecule has 0 saturated heterocycles. The van der Waals surface area contributed by atoms with Gasteiger partial charge in [0.15, 0.2) is 6.10 Å². The quantitative estimate of drug-likeness (QED) is 0.870. The normalized spacial score (nSPS) is 22.6. The molecule has 1 aromatic carbocycles. The Morgan fingerprint density at radius 2 is 2.00 bits per heavy atom. The fraction of sp³-hybridized carbons (Fsp3) is 0.533. The second-order valence-corrected chi connectivity index (χ2v) is 6.54. The second-order valence-electron chi connectivity index (χ2n) is 5.69. The zero-order chi connectivity index (χ0) is 14.3. The summed E-state index contributed by atoms with van der Waals surface area (Å²) in [6.07, 6.45) is 5.29. The summed E-state index contributed by atoms with van der Waals surface area (Å²) in [4.78, 5) is 13.8. The van der Waals surface area contributed by atoms with Gasteiger partial charge in [0.1, 0.15) is 0 Å². The van der Waals surface area contributed by atoms with E-state index in [2.05, 4.69) is 33.2 Å². The van der Waals surface area contributed by atoms with E-state index in [1.54, 1.807) is 0 Å². The number of hydrogen-bond acceptors (Lipinski definition) is 3. The van der Waals surface area contributed by atoms with Gasteiger partial charge in [-0.2, -0.15) is 0 Å². The standard InChI is InChI=1S/C15H19BrN2O2/c1-18(9-5-3-2-4-6-9)13-8-12-10(7-11(13)16)14(19)15(20)17-12/h7-9,14,19H,2-6H2,1H3,(H,17,20). The minimum Gasteiger partial charge on any atom is -0.378 e. The Labute approximate surface area is 127 Å². The summed E-state index contributed by atoms with van der Waals surface area (Å²) in [5, 5.41) is 12.5. The summed E-state index contributed by atoms with van der Waals surface area (Å²) in [6.45, 7) is 0. The summed E-state index contributed by atoms with van der Waals surface area (Å²) in [7, 11) is 2.11. The molecular formula is C15H19BrN2O2. The molecule has 4 nitrogen and oxygen atoms in total. The number of fused-ring (bicyclic) bond motifs is 1. The predicted octanol–water partition coefficient (Wildman–Crippen LogP) is 3.20. The van der Waals surface area contributed by atoms with Crippen LogP contribution in [0, 0.1) is 0 Å². The van der Waals surface area contributed by atoms with Crippen LogP contribution in [-0.2, 0) is 4.79 Å². The number of nitrogens with one attached hydrogen (secondary N) is 1. The molecule has 20 heavy (non-hydrogen) atoms. The van der Waals surface area contributed by atoms with Crippen LogP contribution in [0.25, 0.3) is 0 Å². The number of nitrogens with zero attached hydrogens (tertiary/aromatic N) is 1. The molecule has 0 spiro atoms. The number of carbonyl (C=O) groups is 1. The molecule has 1 saturated carbocycles. The van der Waals surface area contributed by atoms with Crippen molar-refractivity contribution in [2.45, 2.75) is 44.2 Å². The van der Waals surface area contributed by atoms with Crippen LogP contribution in [0.15, 0.2) is 16.6 Å². The third-order valence-corrected chi connectivity index (χ3v) is 5.06. The maximum Gasteiger partial charge on any atom is 0.257 e. The average molecular weight is 339 g/mol. The smallest absolute Gasteiger partial charge is 0.257 e. The van der Waals surface area contributed by atoms with E-state index in [-0.39, 0.29) is 5.91 Å². The number of amides is 1. The van der Waals surface area contributed by atoms with Gasteiger partial charge in [0.2, 0.25) is 0 Å². The van der Waals surface area contributed by atoms with Crippen molar-refractivity contribution in [3.63, 3.8) is 0 Å². The first-order valence-corrected chi connectivity index (χ1v) is 7.92. The molecule has 2 aliphatic rings. The highest BCUT2D eigenvalue weighted by Crippen LogP contribution is 2.40. The Balaban J connectivity index is 1.91. The van der Waals surface area contributed by atoms with Crippen LogP contribution in [0.2, 0.25) is 0 Å². The maximum atomic E-state index is 11.5. The molecule has 1 aliphatic carbocycles. The van der Waals surface area contributed by atoms with Gasteiger partial charge >= 0.3 is 0 Å². The number of hydrogen-bond donors (Lipinski definition) is 2. The molecule has 1 amide bonds. The maximum absolute atomic E-state index is 11.5. The number of rotatable bonds is 2. The van der Waals surface area contributed by atoms with Crippen molar-refractivity contribution >= 4 is 33.2 Å². The van der Waals surface area contributed by atoms with E-state index in [4.69, 9.17) is 0 Å². The van der Waals surface area contributed by atoms with Gasteiger partial charge in [-0.25, -0.2) is 0 Å². The lowest BCUT2D eigenvalue weighted by atomic mass is 9.94. The summed E-state index contributed by atoms with van der Waals surface area (Å²) in [6, 6.07) is 4.37. The SMILES string of the molecule is CN(c1cc2c(cc1Br)C(O)C(=O)N2)C1CCCCC1. The molecular weight excluding hydrogens is 320 g/mol. The van der Waals surface area contributed by atoms with Crippen LogP contribution in [0.3, 0.4) is 0 Å². The zero-order valence-corrected chi connectivity index (χ0v) is 13.1. The molecule has 1 atom stereocenters. The molecule has 5 heteroatoms. The first kappa shape index (κ1) is 13.9. The van der Waals surface area contributed by atoms with E-state index in [9.17, 15) is 9.90 Å². The van der Waals surface area contributed by atoms with E-state index in [1.165, 1.54) is 32.1 Å². The van der Waals surface area contributed by atoms with Gasteiger partial charge in [0.25, 0.3) is 5.91 Å². The molecule has 1 fully saturated rings. The lowest BCUT2D eigenvalue weighted by Crippen LogP contribution is -2.33. The number of aliphatic hydroxyl groups excluding tert-OH is 1. The van der Waals surface area contributed by atoms with Crippen LogP contribution in [0.4, 0.5) is 11.4 Å². The number of aliphatic hydroxyl groups is 1. The van der Waals surface area contributed by atoms with Crippen molar-refractivity contribution in [2.24, 2.45) is 0 Å². The minimum atomic E-state index is -1.05. The Hall–Kier alpha value is -1.07. The molecule has 0 aromatic heterocycles. The molecule has 0 bridgehead atoms. The molecule has 0 radical (unpaired) electrons. The Morgan fingerprint density at radius 3 is 2.70 bits per heavy atom. The zero-order valence-electron chi connectivity index (χ0n) is 11.5. The van der Waals surface area contributed by atoms with Crippen LogP contribution in [-0.4, -0.2) is 24.1 Å². The van der Waals surface area contributed by atoms with E-state index in [0.29, 0.717) is 11.6 Å². The largest absolute Gasteiger partial charge is 0.378 e. The highest BCUT2D eigenvalue weighted by Gasteiger charge is 2.30. The lowest BCUT2D eigenvalue weighted by Gasteiger charge is -2.33. The van der Waals surface area contributed by atoms with Crippen LogP contribution >= 0.6 is 15.9 Å². The highest BCUT2D eigenvalue weighted by atomic mass is 79.9. The Kier molecular flexibility index (Phi) is 3.73. The van der Waals surface area contributed by atoms with E-state index in [0.717, 1.165) is 15.8 Å². The van der Waals surface area contributed by atoms with Crippen LogP contribution < -0.4 is 10.2 Å². The van der Waals surface area contributed by atoms with Crippen LogP contribution in [0.5, 0.6) is 0 Å². The summed E-state index contributed by atoms with van der Waals surface area (Å²) >= 11 is 3.57. The van der Waals surface area contributed by atoms with Crippen molar-refractivity contribution in [3.05, 3.63) is 22.2 Å². The first-order valence-electron chi connectivity index (χ1n) is 7.13. The predicted molar refractivity (Wildman–Crippen MR) is 83.0 cm³/mol. The molecule has 2 N–H and O–H groups in total. The van der Waals surface area contributed by atoms with Crippen molar-refractivity contribution in [3.8, 4) is 0 Å². The van der Waals surface area contributed by atoms with Gasteiger partial charge in [0, 0.05) is 28.8 Å². The van der Waals surface area contributed by atoms with Gasteiger partial charge in [-0.1, -0.05) is 19.3 Å². The van der Waals surface area contributed by atoms with Gasteiger partial charge in [-0.3, -0.25) is 4.79 Å². The van der Waals surface area contributed by atoms with Gasteiger partial charge in [0.05, 0.1) is 5.69 Å². The first-order chi connectivity index (χ1) is 9.58. The van der Waals surface area contributed by atoms with Gasteiger partial charge in [-0.05, 0) is 40.9 Å². The summed E-state index contributed by atoms with van der Waals surface area (Å²) < 4.78 is 0.930. The number of carbonyl (C=O) groups excluding carboxylic acids is 1. The highest BCUT2D eigenvalue weighted by molar-refractivity contribution is 9.10. The summed E-state index contributed by atoms with van der Waals surface area (Å²) in [5.74, 6) is -0.343. The van der Waals surface area contributed by atoms with E-state index >= 15 is 0 Å². The van der Waals surface area contributed by atoms with Gasteiger partial charge < -0.3 is 15.3 Å². The Morgan fingerprint density at radius 1 is 1.30 bits per heavy atom. The van der Waals surface area contributed by atoms with Crippen molar-refractivity contribution in [1.29, 1.82) is 0 Å². The third-order valence-electron chi connectivity index (χ3n) is 4.42. The summed E-state index contributed by atoms with van der Waals surface area (Å²) in [5.41, 5.74) is 2.45. The fourth-order valence-corrected chi connectivity index (χ4v) is 3.83. The van der Waals surface area contributed by atoms with Crippen molar-refractivity contribution in [1.82, 2.24) is 0 Å². The lowest BCUT2D eigenvalue weighted by molar-refractivity contribution is -0.123. The molecule has 3 rings (SSSR count). The fourth-order valence-electron chi connectivity index (χ4n) is 3.19. The molecule has 1 aromatic rings. The number of halogens is 1. The van der Waals surface area contributed by atoms with Gasteiger partial charge in [-0.15, -0.1) is 0 Å². The minimum absolute atomic E-state index is 0.343. The number of benzene rings is 1.